The molecule has 0 aliphatic rings. The molecule has 0 bridgehead atoms. The minimum atomic E-state index is -4.65. The summed E-state index contributed by atoms with van der Waals surface area (Å²) in [5, 5.41) is 17.3. The number of hydrogen-bond donors (Lipinski definition) is 1. The first-order chi connectivity index (χ1) is 12.8. The van der Waals surface area contributed by atoms with Crippen molar-refractivity contribution in [2.24, 2.45) is 0 Å². The zero-order valence-electron chi connectivity index (χ0n) is 13.3. The average molecular weight is 375 g/mol. The molecular weight excluding hydrogens is 366 g/mol. The fraction of sp³-hybridized carbons (Fsp3) is 0.0588. The van der Waals surface area contributed by atoms with Gasteiger partial charge in [-0.05, 0) is 42.5 Å². The van der Waals surface area contributed by atoms with Crippen LogP contribution in [0.3, 0.4) is 0 Å². The number of halogens is 4. The molecule has 6 nitrogen and oxygen atoms in total. The largest absolute Gasteiger partial charge is 0.508 e. The summed E-state index contributed by atoms with van der Waals surface area (Å²) in [5.41, 5.74) is -0.312. The molecule has 10 heteroatoms. The lowest BCUT2D eigenvalue weighted by molar-refractivity contribution is -0.137. The Morgan fingerprint density at radius 2 is 1.70 bits per heavy atom. The topological polar surface area (TPSA) is 76.7 Å². The molecule has 0 spiro atoms. The zero-order chi connectivity index (χ0) is 19.2. The highest BCUT2D eigenvalue weighted by atomic mass is 19.4. The number of rotatable bonds is 2. The maximum atomic E-state index is 14.3. The van der Waals surface area contributed by atoms with E-state index in [9.17, 15) is 22.7 Å². The summed E-state index contributed by atoms with van der Waals surface area (Å²) in [6.07, 6.45) is -3.50. The van der Waals surface area contributed by atoms with Crippen molar-refractivity contribution in [2.75, 3.05) is 0 Å². The molecule has 0 aliphatic carbocycles. The third kappa shape index (κ3) is 2.94. The Labute approximate surface area is 148 Å². The number of phenols is 1. The van der Waals surface area contributed by atoms with E-state index in [1.807, 2.05) is 0 Å². The predicted octanol–water partition coefficient (Wildman–Crippen LogP) is 3.74. The number of aromatic nitrogens is 5. The number of phenolic OH excluding ortho intramolecular Hbond substituents is 1. The summed E-state index contributed by atoms with van der Waals surface area (Å²) in [7, 11) is 0. The second-order valence-corrected chi connectivity index (χ2v) is 5.60. The molecule has 27 heavy (non-hydrogen) atoms. The van der Waals surface area contributed by atoms with Crippen LogP contribution in [0.25, 0.3) is 28.1 Å². The number of fused-ring (bicyclic) bond motifs is 1. The van der Waals surface area contributed by atoms with Gasteiger partial charge >= 0.3 is 6.18 Å². The van der Waals surface area contributed by atoms with Gasteiger partial charge in [-0.3, -0.25) is 0 Å². The van der Waals surface area contributed by atoms with Gasteiger partial charge in [0.2, 0.25) is 0 Å². The van der Waals surface area contributed by atoms with Crippen molar-refractivity contribution in [1.29, 1.82) is 0 Å². The Morgan fingerprint density at radius 3 is 2.37 bits per heavy atom. The van der Waals surface area contributed by atoms with E-state index >= 15 is 0 Å². The fourth-order valence-electron chi connectivity index (χ4n) is 2.60. The van der Waals surface area contributed by atoms with E-state index in [1.54, 1.807) is 12.1 Å². The number of benzene rings is 2. The molecule has 0 saturated heterocycles. The monoisotopic (exact) mass is 375 g/mol. The van der Waals surface area contributed by atoms with Crippen molar-refractivity contribution in [3.8, 4) is 22.7 Å². The fourth-order valence-corrected chi connectivity index (χ4v) is 2.60. The molecule has 1 N–H and O–H groups in total. The highest BCUT2D eigenvalue weighted by Crippen LogP contribution is 2.33. The Bertz CT molecular complexity index is 1140. The van der Waals surface area contributed by atoms with Crippen molar-refractivity contribution in [1.82, 2.24) is 25.0 Å². The molecule has 2 heterocycles. The van der Waals surface area contributed by atoms with Crippen molar-refractivity contribution >= 4 is 11.2 Å². The number of hydrogen-bond acceptors (Lipinski definition) is 5. The van der Waals surface area contributed by atoms with Crippen LogP contribution in [0.15, 0.2) is 48.8 Å². The molecule has 0 aliphatic heterocycles. The molecule has 2 aromatic heterocycles. The van der Waals surface area contributed by atoms with E-state index < -0.39 is 17.6 Å². The summed E-state index contributed by atoms with van der Waals surface area (Å²) in [5.74, 6) is -1.02. The first-order valence-corrected chi connectivity index (χ1v) is 7.57. The van der Waals surface area contributed by atoms with Gasteiger partial charge in [0.1, 0.15) is 23.6 Å². The third-order valence-corrected chi connectivity index (χ3v) is 3.88. The van der Waals surface area contributed by atoms with E-state index in [0.717, 1.165) is 18.5 Å². The first-order valence-electron chi connectivity index (χ1n) is 7.57. The van der Waals surface area contributed by atoms with E-state index in [2.05, 4.69) is 20.3 Å². The van der Waals surface area contributed by atoms with Gasteiger partial charge < -0.3 is 5.11 Å². The molecule has 0 unspecified atom stereocenters. The normalized spacial score (nSPS) is 11.9. The Balaban J connectivity index is 1.86. The van der Waals surface area contributed by atoms with Crippen molar-refractivity contribution < 1.29 is 22.7 Å². The van der Waals surface area contributed by atoms with Gasteiger partial charge in [0.05, 0.1) is 11.3 Å². The smallest absolute Gasteiger partial charge is 0.416 e. The average Bonchev–Trinajstić information content (AvgIpc) is 3.06. The van der Waals surface area contributed by atoms with Gasteiger partial charge in [0, 0.05) is 5.56 Å². The van der Waals surface area contributed by atoms with Crippen LogP contribution in [0.2, 0.25) is 0 Å². The highest BCUT2D eigenvalue weighted by molar-refractivity contribution is 5.87. The Hall–Kier alpha value is -3.56. The summed E-state index contributed by atoms with van der Waals surface area (Å²) in [4.78, 5) is 8.04. The van der Waals surface area contributed by atoms with Gasteiger partial charge in [-0.2, -0.15) is 17.9 Å². The van der Waals surface area contributed by atoms with Crippen LogP contribution in [-0.2, 0) is 6.18 Å². The Morgan fingerprint density at radius 1 is 0.963 bits per heavy atom. The standard InChI is InChI=1S/C17H9F4N5O/c18-13-7-9(17(19,20)21)1-6-12(13)14-15-16(23-8-22-14)26(25-24-15)10-2-4-11(27)5-3-10/h1-8,27H. The van der Waals surface area contributed by atoms with Crippen LogP contribution < -0.4 is 0 Å². The second kappa shape index (κ2) is 6.01. The number of nitrogens with zero attached hydrogens (tertiary/aromatic N) is 5. The molecular formula is C17H9F4N5O. The zero-order valence-corrected chi connectivity index (χ0v) is 13.3. The van der Waals surface area contributed by atoms with Crippen LogP contribution in [-0.4, -0.2) is 30.1 Å². The molecule has 0 atom stereocenters. The van der Waals surface area contributed by atoms with Gasteiger partial charge in [-0.25, -0.2) is 14.4 Å². The SMILES string of the molecule is Oc1ccc(-n2nnc3c(-c4ccc(C(F)(F)F)cc4F)ncnc32)cc1. The molecule has 4 aromatic rings. The van der Waals surface area contributed by atoms with Crippen molar-refractivity contribution in [3.63, 3.8) is 0 Å². The van der Waals surface area contributed by atoms with E-state index in [1.165, 1.54) is 16.8 Å². The summed E-state index contributed by atoms with van der Waals surface area (Å²) < 4.78 is 53.9. The lowest BCUT2D eigenvalue weighted by Crippen LogP contribution is -2.05. The molecule has 0 amide bonds. The van der Waals surface area contributed by atoms with Gasteiger partial charge in [-0.1, -0.05) is 5.21 Å². The van der Waals surface area contributed by atoms with E-state index in [4.69, 9.17) is 0 Å². The maximum absolute atomic E-state index is 14.3. The lowest BCUT2D eigenvalue weighted by Gasteiger charge is -2.09. The summed E-state index contributed by atoms with van der Waals surface area (Å²) in [6, 6.07) is 8.22. The van der Waals surface area contributed by atoms with E-state index in [-0.39, 0.29) is 28.2 Å². The molecule has 0 radical (unpaired) electrons. The second-order valence-electron chi connectivity index (χ2n) is 5.60. The van der Waals surface area contributed by atoms with Crippen molar-refractivity contribution in [2.45, 2.75) is 6.18 Å². The minimum absolute atomic E-state index is 0.0243. The van der Waals surface area contributed by atoms with Crippen molar-refractivity contribution in [3.05, 3.63) is 60.2 Å². The molecule has 0 saturated carbocycles. The minimum Gasteiger partial charge on any atom is -0.508 e. The van der Waals surface area contributed by atoms with Gasteiger partial charge in [-0.15, -0.1) is 5.10 Å². The number of aromatic hydroxyl groups is 1. The lowest BCUT2D eigenvalue weighted by atomic mass is 10.1. The highest BCUT2D eigenvalue weighted by Gasteiger charge is 2.31. The summed E-state index contributed by atoms with van der Waals surface area (Å²) in [6.45, 7) is 0. The third-order valence-electron chi connectivity index (χ3n) is 3.88. The quantitative estimate of drug-likeness (QED) is 0.540. The van der Waals surface area contributed by atoms with Gasteiger partial charge in [0.15, 0.2) is 11.2 Å². The molecule has 0 fully saturated rings. The first kappa shape index (κ1) is 16.9. The van der Waals surface area contributed by atoms with Crippen LogP contribution >= 0.6 is 0 Å². The molecule has 4 rings (SSSR count). The van der Waals surface area contributed by atoms with Crippen LogP contribution in [0, 0.1) is 5.82 Å². The van der Waals surface area contributed by atoms with Crippen LogP contribution in [0.4, 0.5) is 17.6 Å². The van der Waals surface area contributed by atoms with Crippen LogP contribution in [0.1, 0.15) is 5.56 Å². The van der Waals surface area contributed by atoms with E-state index in [0.29, 0.717) is 11.8 Å². The molecule has 136 valence electrons. The Kier molecular flexibility index (Phi) is 3.76. The molecule has 2 aromatic carbocycles. The van der Waals surface area contributed by atoms with Gasteiger partial charge in [0.25, 0.3) is 0 Å². The van der Waals surface area contributed by atoms with Crippen LogP contribution in [0.5, 0.6) is 5.75 Å². The predicted molar refractivity (Wildman–Crippen MR) is 86.5 cm³/mol. The number of alkyl halides is 3. The summed E-state index contributed by atoms with van der Waals surface area (Å²) >= 11 is 0. The maximum Gasteiger partial charge on any atom is 0.416 e.